The molecular weight excluding hydrogens is 456 g/mol. The average molecular weight is 509 g/mol. The summed E-state index contributed by atoms with van der Waals surface area (Å²) in [6, 6.07) is 0. The number of rotatable bonds is 18. The van der Waals surface area contributed by atoms with Crippen molar-refractivity contribution >= 4 is 0 Å². The quantitative estimate of drug-likeness (QED) is 0.160. The van der Waals surface area contributed by atoms with Crippen LogP contribution in [0.15, 0.2) is 36.5 Å². The molecule has 0 N–H and O–H groups in total. The molecule has 2 aliphatic heterocycles. The molecule has 2 fully saturated rings. The van der Waals surface area contributed by atoms with Crippen LogP contribution < -0.4 is 0 Å². The van der Waals surface area contributed by atoms with Crippen molar-refractivity contribution in [2.24, 2.45) is 23.7 Å². The molecule has 0 aromatic heterocycles. The fourth-order valence-electron chi connectivity index (χ4n) is 3.94. The molecule has 0 radical (unpaired) electrons. The maximum atomic E-state index is 5.99. The Morgan fingerprint density at radius 2 is 1.06 bits per heavy atom. The Morgan fingerprint density at radius 3 is 1.42 bits per heavy atom. The molecule has 2 unspecified atom stereocenters. The lowest BCUT2D eigenvalue weighted by molar-refractivity contribution is -0.169. The van der Waals surface area contributed by atoms with E-state index in [1.54, 1.807) is 0 Å². The molecule has 2 rings (SSSR count). The van der Waals surface area contributed by atoms with E-state index in [1.807, 2.05) is 12.2 Å². The minimum atomic E-state index is -0.0643. The van der Waals surface area contributed by atoms with E-state index in [1.165, 1.54) is 12.8 Å². The van der Waals surface area contributed by atoms with E-state index in [2.05, 4.69) is 52.0 Å². The summed E-state index contributed by atoms with van der Waals surface area (Å²) in [4.78, 5) is 0. The fourth-order valence-corrected chi connectivity index (χ4v) is 3.94. The lowest BCUT2D eigenvalue weighted by atomic mass is 10.1. The second-order valence-electron chi connectivity index (χ2n) is 10.6. The summed E-state index contributed by atoms with van der Waals surface area (Å²) in [5.41, 5.74) is 0. The van der Waals surface area contributed by atoms with Gasteiger partial charge in [0.1, 0.15) is 0 Å². The predicted molar refractivity (Wildman–Crippen MR) is 145 cm³/mol. The van der Waals surface area contributed by atoms with E-state index in [4.69, 9.17) is 28.4 Å². The first-order valence-corrected chi connectivity index (χ1v) is 14.2. The van der Waals surface area contributed by atoms with E-state index in [0.717, 1.165) is 38.9 Å². The van der Waals surface area contributed by atoms with Gasteiger partial charge in [0.2, 0.25) is 0 Å². The van der Waals surface area contributed by atoms with Gasteiger partial charge < -0.3 is 28.4 Å². The molecule has 0 aliphatic carbocycles. The highest BCUT2D eigenvalue weighted by Crippen LogP contribution is 2.17. The molecule has 6 heteroatoms. The zero-order chi connectivity index (χ0) is 25.8. The van der Waals surface area contributed by atoms with Crippen molar-refractivity contribution in [1.82, 2.24) is 0 Å². The zero-order valence-electron chi connectivity index (χ0n) is 23.3. The lowest BCUT2D eigenvalue weighted by Gasteiger charge is -2.24. The van der Waals surface area contributed by atoms with Crippen LogP contribution in [-0.4, -0.2) is 65.4 Å². The van der Waals surface area contributed by atoms with E-state index >= 15 is 0 Å². The van der Waals surface area contributed by atoms with Crippen LogP contribution in [0.5, 0.6) is 0 Å². The van der Waals surface area contributed by atoms with Crippen LogP contribution in [0, 0.1) is 23.7 Å². The van der Waals surface area contributed by atoms with E-state index in [9.17, 15) is 0 Å². The first kappa shape index (κ1) is 31.2. The van der Waals surface area contributed by atoms with Gasteiger partial charge in [-0.25, -0.2) is 0 Å². The van der Waals surface area contributed by atoms with Crippen LogP contribution in [0.2, 0.25) is 0 Å². The fraction of sp³-hybridized carbons (Fsp3) is 0.800. The van der Waals surface area contributed by atoms with E-state index in [-0.39, 0.29) is 24.4 Å². The van der Waals surface area contributed by atoms with Crippen molar-refractivity contribution in [3.05, 3.63) is 36.5 Å². The van der Waals surface area contributed by atoms with Crippen molar-refractivity contribution in [3.63, 3.8) is 0 Å². The largest absolute Gasteiger partial charge is 0.377 e. The van der Waals surface area contributed by atoms with E-state index in [0.29, 0.717) is 51.5 Å². The monoisotopic (exact) mass is 508 g/mol. The SMILES string of the molecule is CC(C)/C=C/[C@@H](COC/C=C/COC[C@H](/C=C/C(C)C)COC1CCCCO1)COC1CCCCO1. The van der Waals surface area contributed by atoms with Crippen molar-refractivity contribution in [2.75, 3.05) is 52.9 Å². The molecule has 0 aromatic carbocycles. The van der Waals surface area contributed by atoms with Crippen molar-refractivity contribution in [1.29, 1.82) is 0 Å². The third-order valence-corrected chi connectivity index (χ3v) is 6.06. The Labute approximate surface area is 220 Å². The van der Waals surface area contributed by atoms with Crippen LogP contribution in [-0.2, 0) is 28.4 Å². The van der Waals surface area contributed by atoms with Crippen LogP contribution >= 0.6 is 0 Å². The second kappa shape index (κ2) is 20.0. The Kier molecular flexibility index (Phi) is 17.3. The standard InChI is InChI=1S/C30H52O6/c1-25(2)13-15-27(23-35-29-11-5-7-19-33-29)21-31-17-9-10-18-32-22-28(16-14-26(3)4)24-36-30-12-6-8-20-34-30/h9-10,13-16,25-30H,5-8,11-12,17-24H2,1-4H3/b10-9+,15-13+,16-14+/t27-,28-,29?,30?/m0/s1. The molecular formula is C30H52O6. The molecule has 2 aliphatic rings. The van der Waals surface area contributed by atoms with Crippen molar-refractivity contribution in [3.8, 4) is 0 Å². The molecule has 0 aromatic rings. The molecule has 2 saturated heterocycles. The van der Waals surface area contributed by atoms with Gasteiger partial charge in [0.25, 0.3) is 0 Å². The molecule has 0 bridgehead atoms. The number of hydrogen-bond acceptors (Lipinski definition) is 6. The van der Waals surface area contributed by atoms with Crippen LogP contribution in [0.1, 0.15) is 66.2 Å². The van der Waals surface area contributed by atoms with Gasteiger partial charge >= 0.3 is 0 Å². The summed E-state index contributed by atoms with van der Waals surface area (Å²) >= 11 is 0. The Hall–Kier alpha value is -1.02. The summed E-state index contributed by atoms with van der Waals surface area (Å²) < 4.78 is 35.2. The number of hydrogen-bond donors (Lipinski definition) is 0. The molecule has 2 heterocycles. The van der Waals surface area contributed by atoms with Gasteiger partial charge in [0.05, 0.1) is 39.6 Å². The lowest BCUT2D eigenvalue weighted by Crippen LogP contribution is -2.26. The van der Waals surface area contributed by atoms with Crippen molar-refractivity contribution < 1.29 is 28.4 Å². The average Bonchev–Trinajstić information content (AvgIpc) is 2.88. The smallest absolute Gasteiger partial charge is 0.157 e. The van der Waals surface area contributed by atoms with Crippen LogP contribution in [0.25, 0.3) is 0 Å². The van der Waals surface area contributed by atoms with Gasteiger partial charge in [-0.15, -0.1) is 0 Å². The zero-order valence-corrected chi connectivity index (χ0v) is 23.3. The van der Waals surface area contributed by atoms with Gasteiger partial charge in [-0.05, 0) is 50.4 Å². The maximum absolute atomic E-state index is 5.99. The minimum absolute atomic E-state index is 0.0643. The molecule has 36 heavy (non-hydrogen) atoms. The number of allylic oxidation sites excluding steroid dienone is 2. The van der Waals surface area contributed by atoms with Gasteiger partial charge in [-0.1, -0.05) is 64.2 Å². The highest BCUT2D eigenvalue weighted by Gasteiger charge is 2.17. The molecule has 6 nitrogen and oxygen atoms in total. The Morgan fingerprint density at radius 1 is 0.611 bits per heavy atom. The van der Waals surface area contributed by atoms with Crippen LogP contribution in [0.4, 0.5) is 0 Å². The molecule has 4 atom stereocenters. The summed E-state index contributed by atoms with van der Waals surface area (Å²) in [6.07, 6.45) is 19.4. The van der Waals surface area contributed by atoms with Gasteiger partial charge in [-0.3, -0.25) is 0 Å². The topological polar surface area (TPSA) is 55.4 Å². The highest BCUT2D eigenvalue weighted by atomic mass is 16.7. The highest BCUT2D eigenvalue weighted by molar-refractivity contribution is 4.92. The summed E-state index contributed by atoms with van der Waals surface area (Å²) in [5.74, 6) is 1.47. The number of ether oxygens (including phenoxy) is 6. The third-order valence-electron chi connectivity index (χ3n) is 6.06. The summed E-state index contributed by atoms with van der Waals surface area (Å²) in [5, 5.41) is 0. The molecule has 0 saturated carbocycles. The van der Waals surface area contributed by atoms with E-state index < -0.39 is 0 Å². The molecule has 0 amide bonds. The minimum Gasteiger partial charge on any atom is -0.377 e. The maximum Gasteiger partial charge on any atom is 0.157 e. The van der Waals surface area contributed by atoms with Crippen LogP contribution in [0.3, 0.4) is 0 Å². The van der Waals surface area contributed by atoms with Gasteiger partial charge in [0, 0.05) is 25.0 Å². The van der Waals surface area contributed by atoms with Gasteiger partial charge in [0.15, 0.2) is 12.6 Å². The molecule has 208 valence electrons. The first-order chi connectivity index (χ1) is 17.5. The first-order valence-electron chi connectivity index (χ1n) is 14.2. The predicted octanol–water partition coefficient (Wildman–Crippen LogP) is 6.32. The summed E-state index contributed by atoms with van der Waals surface area (Å²) in [6.45, 7) is 14.0. The van der Waals surface area contributed by atoms with Gasteiger partial charge in [-0.2, -0.15) is 0 Å². The Balaban J connectivity index is 1.63. The normalized spacial score (nSPS) is 23.5. The third kappa shape index (κ3) is 16.0. The second-order valence-corrected chi connectivity index (χ2v) is 10.6. The summed E-state index contributed by atoms with van der Waals surface area (Å²) in [7, 11) is 0. The van der Waals surface area contributed by atoms with Crippen molar-refractivity contribution in [2.45, 2.75) is 78.8 Å². The Bertz CT molecular complexity index is 551. The molecule has 0 spiro atoms.